The van der Waals surface area contributed by atoms with Gasteiger partial charge < -0.3 is 5.32 Å². The molecule has 2 aromatic rings. The highest BCUT2D eigenvalue weighted by Gasteiger charge is 2.12. The van der Waals surface area contributed by atoms with E-state index in [0.717, 1.165) is 15.3 Å². The Morgan fingerprint density at radius 3 is 2.89 bits per heavy atom. The molecule has 2 rings (SSSR count). The molecule has 1 amide bonds. The second-order valence-corrected chi connectivity index (χ2v) is 5.33. The summed E-state index contributed by atoms with van der Waals surface area (Å²) < 4.78 is 1.50. The molecule has 0 atom stereocenters. The second-order valence-electron chi connectivity index (χ2n) is 4.13. The zero-order chi connectivity index (χ0) is 13.3. The number of hydrogen-bond acceptors (Lipinski definition) is 4. The van der Waals surface area contributed by atoms with Crippen molar-refractivity contribution >= 4 is 27.5 Å². The van der Waals surface area contributed by atoms with E-state index < -0.39 is 0 Å². The standard InChI is InChI=1S/C12H15N3O2S/c1-7-8(2)18-11-10(7)12(17)15(6-14-11)5-4-9(16)13-3/h6H,4-5H2,1-3H3,(H,13,16). The van der Waals surface area contributed by atoms with Crippen LogP contribution in [0.2, 0.25) is 0 Å². The maximum atomic E-state index is 12.3. The van der Waals surface area contributed by atoms with E-state index in [9.17, 15) is 9.59 Å². The van der Waals surface area contributed by atoms with Gasteiger partial charge in [-0.15, -0.1) is 11.3 Å². The molecular weight excluding hydrogens is 250 g/mol. The molecule has 0 radical (unpaired) electrons. The molecule has 96 valence electrons. The van der Waals surface area contributed by atoms with Gasteiger partial charge >= 0.3 is 0 Å². The normalized spacial score (nSPS) is 10.8. The number of amides is 1. The minimum Gasteiger partial charge on any atom is -0.359 e. The molecule has 0 aliphatic rings. The number of aryl methyl sites for hydroxylation is 3. The van der Waals surface area contributed by atoms with Gasteiger partial charge in [0.05, 0.1) is 11.7 Å². The van der Waals surface area contributed by atoms with Crippen LogP contribution < -0.4 is 10.9 Å². The average Bonchev–Trinajstić information content (AvgIpc) is 2.64. The van der Waals surface area contributed by atoms with Crippen LogP contribution in [0.1, 0.15) is 16.9 Å². The van der Waals surface area contributed by atoms with Crippen LogP contribution in [0.5, 0.6) is 0 Å². The highest BCUT2D eigenvalue weighted by atomic mass is 32.1. The molecule has 0 unspecified atom stereocenters. The molecule has 0 saturated heterocycles. The number of aromatic nitrogens is 2. The Morgan fingerprint density at radius 2 is 2.22 bits per heavy atom. The highest BCUT2D eigenvalue weighted by molar-refractivity contribution is 7.18. The van der Waals surface area contributed by atoms with E-state index in [1.807, 2.05) is 13.8 Å². The van der Waals surface area contributed by atoms with Crippen molar-refractivity contribution in [2.75, 3.05) is 7.05 Å². The van der Waals surface area contributed by atoms with Gasteiger partial charge in [-0.1, -0.05) is 0 Å². The van der Waals surface area contributed by atoms with E-state index in [2.05, 4.69) is 10.3 Å². The van der Waals surface area contributed by atoms with Crippen molar-refractivity contribution in [3.05, 3.63) is 27.1 Å². The molecule has 2 aromatic heterocycles. The zero-order valence-electron chi connectivity index (χ0n) is 10.6. The molecule has 1 N–H and O–H groups in total. The van der Waals surface area contributed by atoms with Crippen LogP contribution >= 0.6 is 11.3 Å². The summed E-state index contributed by atoms with van der Waals surface area (Å²) in [7, 11) is 1.58. The Labute approximate surface area is 108 Å². The molecular formula is C12H15N3O2S. The van der Waals surface area contributed by atoms with Gasteiger partial charge in [0, 0.05) is 24.9 Å². The number of fused-ring (bicyclic) bond motifs is 1. The van der Waals surface area contributed by atoms with Gasteiger partial charge in [0.2, 0.25) is 5.91 Å². The number of carbonyl (C=O) groups is 1. The summed E-state index contributed by atoms with van der Waals surface area (Å²) in [6.07, 6.45) is 1.80. The zero-order valence-corrected chi connectivity index (χ0v) is 11.4. The number of thiophene rings is 1. The molecule has 0 aliphatic heterocycles. The van der Waals surface area contributed by atoms with Crippen LogP contribution in [-0.4, -0.2) is 22.5 Å². The average molecular weight is 265 g/mol. The number of hydrogen-bond donors (Lipinski definition) is 1. The lowest BCUT2D eigenvalue weighted by Crippen LogP contribution is -2.25. The molecule has 0 saturated carbocycles. The SMILES string of the molecule is CNC(=O)CCn1cnc2sc(C)c(C)c2c1=O. The third-order valence-electron chi connectivity index (χ3n) is 3.01. The minimum atomic E-state index is -0.0831. The number of nitrogens with zero attached hydrogens (tertiary/aromatic N) is 2. The van der Waals surface area contributed by atoms with Crippen LogP contribution in [0.25, 0.3) is 10.2 Å². The summed E-state index contributed by atoms with van der Waals surface area (Å²) in [6.45, 7) is 4.27. The molecule has 0 bridgehead atoms. The monoisotopic (exact) mass is 265 g/mol. The summed E-state index contributed by atoms with van der Waals surface area (Å²) >= 11 is 1.53. The van der Waals surface area contributed by atoms with Crippen LogP contribution in [0.15, 0.2) is 11.1 Å². The first-order chi connectivity index (χ1) is 8.54. The largest absolute Gasteiger partial charge is 0.359 e. The molecule has 6 heteroatoms. The predicted octanol–water partition coefficient (Wildman–Crippen LogP) is 1.21. The molecule has 0 fully saturated rings. The van der Waals surface area contributed by atoms with E-state index >= 15 is 0 Å². The fraction of sp³-hybridized carbons (Fsp3) is 0.417. The van der Waals surface area contributed by atoms with Gasteiger partial charge in [-0.3, -0.25) is 14.2 Å². The smallest absolute Gasteiger partial charge is 0.262 e. The van der Waals surface area contributed by atoms with Gasteiger partial charge in [0.1, 0.15) is 4.83 Å². The maximum Gasteiger partial charge on any atom is 0.262 e. The van der Waals surface area contributed by atoms with E-state index in [-0.39, 0.29) is 17.9 Å². The molecule has 0 aromatic carbocycles. The summed E-state index contributed by atoms with van der Waals surface area (Å²) in [6, 6.07) is 0. The second kappa shape index (κ2) is 4.89. The Balaban J connectivity index is 2.42. The van der Waals surface area contributed by atoms with Crippen molar-refractivity contribution in [2.24, 2.45) is 0 Å². The maximum absolute atomic E-state index is 12.3. The topological polar surface area (TPSA) is 64.0 Å². The third-order valence-corrected chi connectivity index (χ3v) is 4.13. The van der Waals surface area contributed by atoms with E-state index in [1.165, 1.54) is 22.2 Å². The Hall–Kier alpha value is -1.69. The van der Waals surface area contributed by atoms with Gasteiger partial charge in [0.15, 0.2) is 0 Å². The number of nitrogens with one attached hydrogen (secondary N) is 1. The Morgan fingerprint density at radius 1 is 1.50 bits per heavy atom. The fourth-order valence-corrected chi connectivity index (χ4v) is 2.76. The quantitative estimate of drug-likeness (QED) is 0.907. The number of carbonyl (C=O) groups excluding carboxylic acids is 1. The summed E-state index contributed by atoms with van der Waals surface area (Å²) in [5.74, 6) is -0.0831. The van der Waals surface area contributed by atoms with Crippen LogP contribution in [-0.2, 0) is 11.3 Å². The summed E-state index contributed by atoms with van der Waals surface area (Å²) in [5, 5.41) is 3.21. The van der Waals surface area contributed by atoms with Crippen molar-refractivity contribution in [1.82, 2.24) is 14.9 Å². The van der Waals surface area contributed by atoms with Crippen LogP contribution in [0.3, 0.4) is 0 Å². The van der Waals surface area contributed by atoms with Gasteiger partial charge in [-0.05, 0) is 19.4 Å². The Kier molecular flexibility index (Phi) is 3.47. The molecule has 0 spiro atoms. The van der Waals surface area contributed by atoms with Gasteiger partial charge in [-0.25, -0.2) is 4.98 Å². The molecule has 18 heavy (non-hydrogen) atoms. The lowest BCUT2D eigenvalue weighted by atomic mass is 10.2. The first-order valence-electron chi connectivity index (χ1n) is 5.70. The third kappa shape index (κ3) is 2.15. The van der Waals surface area contributed by atoms with Crippen molar-refractivity contribution in [3.8, 4) is 0 Å². The van der Waals surface area contributed by atoms with Crippen molar-refractivity contribution < 1.29 is 4.79 Å². The highest BCUT2D eigenvalue weighted by Crippen LogP contribution is 2.25. The summed E-state index contributed by atoms with van der Waals surface area (Å²) in [4.78, 5) is 29.6. The van der Waals surface area contributed by atoms with E-state index in [1.54, 1.807) is 7.05 Å². The van der Waals surface area contributed by atoms with Gasteiger partial charge in [-0.2, -0.15) is 0 Å². The van der Waals surface area contributed by atoms with E-state index in [0.29, 0.717) is 11.9 Å². The molecule has 2 heterocycles. The van der Waals surface area contributed by atoms with Crippen molar-refractivity contribution in [2.45, 2.75) is 26.8 Å². The van der Waals surface area contributed by atoms with Crippen LogP contribution in [0.4, 0.5) is 0 Å². The lowest BCUT2D eigenvalue weighted by molar-refractivity contribution is -0.120. The van der Waals surface area contributed by atoms with E-state index in [4.69, 9.17) is 0 Å². The summed E-state index contributed by atoms with van der Waals surface area (Å²) in [5.41, 5.74) is 0.924. The predicted molar refractivity (Wildman–Crippen MR) is 72.0 cm³/mol. The minimum absolute atomic E-state index is 0.0641. The molecule has 0 aliphatic carbocycles. The van der Waals surface area contributed by atoms with Crippen molar-refractivity contribution in [1.29, 1.82) is 0 Å². The van der Waals surface area contributed by atoms with Crippen LogP contribution in [0, 0.1) is 13.8 Å². The Bertz CT molecular complexity index is 657. The number of rotatable bonds is 3. The first kappa shape index (κ1) is 12.8. The van der Waals surface area contributed by atoms with Crippen molar-refractivity contribution in [3.63, 3.8) is 0 Å². The molecule has 5 nitrogen and oxygen atoms in total. The lowest BCUT2D eigenvalue weighted by Gasteiger charge is -2.04. The first-order valence-corrected chi connectivity index (χ1v) is 6.52. The van der Waals surface area contributed by atoms with Gasteiger partial charge in [0.25, 0.3) is 5.56 Å². The fourth-order valence-electron chi connectivity index (χ4n) is 1.78.